The van der Waals surface area contributed by atoms with Gasteiger partial charge in [0.05, 0.1) is 0 Å². The number of rotatable bonds is 5. The number of nitrogens with one attached hydrogen (secondary N) is 1. The van der Waals surface area contributed by atoms with E-state index in [-0.39, 0.29) is 0 Å². The molecule has 3 N–H and O–H groups in total. The molecule has 2 nitrogen and oxygen atoms in total. The third-order valence-electron chi connectivity index (χ3n) is 4.46. The Labute approximate surface area is 111 Å². The maximum Gasteiger partial charge on any atom is 0.0328 e. The Morgan fingerprint density at radius 1 is 1.33 bits per heavy atom. The molecular formula is C16H26N2. The highest BCUT2D eigenvalue weighted by Gasteiger charge is 2.25. The van der Waals surface area contributed by atoms with Crippen LogP contribution in [0.1, 0.15) is 57.2 Å². The highest BCUT2D eigenvalue weighted by molar-refractivity contribution is 5.47. The van der Waals surface area contributed by atoms with Crippen molar-refractivity contribution in [1.29, 1.82) is 0 Å². The van der Waals surface area contributed by atoms with E-state index < -0.39 is 0 Å². The molecule has 0 saturated heterocycles. The van der Waals surface area contributed by atoms with Gasteiger partial charge in [-0.2, -0.15) is 0 Å². The summed E-state index contributed by atoms with van der Waals surface area (Å²) in [5, 5.41) is 3.82. The lowest BCUT2D eigenvalue weighted by molar-refractivity contribution is 0.322. The number of fused-ring (bicyclic) bond motifs is 1. The van der Waals surface area contributed by atoms with Crippen molar-refractivity contribution in [2.24, 2.45) is 5.92 Å². The Morgan fingerprint density at radius 2 is 2.06 bits per heavy atom. The molecule has 0 bridgehead atoms. The van der Waals surface area contributed by atoms with Gasteiger partial charge >= 0.3 is 0 Å². The molecule has 0 radical (unpaired) electrons. The first-order chi connectivity index (χ1) is 8.65. The lowest BCUT2D eigenvalue weighted by Gasteiger charge is -2.26. The maximum absolute atomic E-state index is 5.85. The molecule has 0 aliphatic heterocycles. The molecule has 2 atom stereocenters. The summed E-state index contributed by atoms with van der Waals surface area (Å²) in [6, 6.07) is 7.48. The summed E-state index contributed by atoms with van der Waals surface area (Å²) >= 11 is 0. The first-order valence-electron chi connectivity index (χ1n) is 7.30. The van der Waals surface area contributed by atoms with Crippen LogP contribution in [0.2, 0.25) is 0 Å². The summed E-state index contributed by atoms with van der Waals surface area (Å²) in [6.45, 7) is 6.90. The molecule has 0 amide bonds. The van der Waals surface area contributed by atoms with Crippen LogP contribution in [-0.2, 0) is 6.42 Å². The molecule has 1 aromatic carbocycles. The summed E-state index contributed by atoms with van der Waals surface area (Å²) in [5.41, 5.74) is 9.63. The average Bonchev–Trinajstić information content (AvgIpc) is 2.73. The Balaban J connectivity index is 2.05. The van der Waals surface area contributed by atoms with Gasteiger partial charge in [0.25, 0.3) is 0 Å². The summed E-state index contributed by atoms with van der Waals surface area (Å²) in [6.07, 6.45) is 4.88. The van der Waals surface area contributed by atoms with Crippen molar-refractivity contribution < 1.29 is 0 Å². The van der Waals surface area contributed by atoms with Gasteiger partial charge in [0, 0.05) is 17.8 Å². The Bertz CT molecular complexity index is 396. The minimum atomic E-state index is 0.524. The molecule has 1 aromatic rings. The van der Waals surface area contributed by atoms with Gasteiger partial charge in [-0.1, -0.05) is 32.8 Å². The van der Waals surface area contributed by atoms with Crippen LogP contribution < -0.4 is 11.1 Å². The van der Waals surface area contributed by atoms with Crippen molar-refractivity contribution in [3.05, 3.63) is 29.3 Å². The van der Waals surface area contributed by atoms with Crippen molar-refractivity contribution in [3.63, 3.8) is 0 Å². The third-order valence-corrected chi connectivity index (χ3v) is 4.46. The topological polar surface area (TPSA) is 38.0 Å². The van der Waals surface area contributed by atoms with Crippen LogP contribution in [0.15, 0.2) is 18.2 Å². The number of hydrogen-bond donors (Lipinski definition) is 2. The molecule has 18 heavy (non-hydrogen) atoms. The molecule has 100 valence electrons. The van der Waals surface area contributed by atoms with E-state index in [9.17, 15) is 0 Å². The second-order valence-electron chi connectivity index (χ2n) is 5.58. The lowest BCUT2D eigenvalue weighted by atomic mass is 9.94. The van der Waals surface area contributed by atoms with Crippen molar-refractivity contribution in [3.8, 4) is 0 Å². The first-order valence-corrected chi connectivity index (χ1v) is 7.30. The largest absolute Gasteiger partial charge is 0.399 e. The molecule has 2 unspecified atom stereocenters. The summed E-state index contributed by atoms with van der Waals surface area (Å²) in [5.74, 6) is 0.780. The van der Waals surface area contributed by atoms with Crippen LogP contribution in [0.25, 0.3) is 0 Å². The number of nitrogen functional groups attached to an aromatic ring is 1. The summed E-state index contributed by atoms with van der Waals surface area (Å²) < 4.78 is 0. The Kier molecular flexibility index (Phi) is 4.28. The fourth-order valence-corrected chi connectivity index (χ4v) is 3.26. The second kappa shape index (κ2) is 5.75. The van der Waals surface area contributed by atoms with Gasteiger partial charge in [-0.25, -0.2) is 0 Å². The van der Waals surface area contributed by atoms with Crippen LogP contribution in [0.5, 0.6) is 0 Å². The van der Waals surface area contributed by atoms with Gasteiger partial charge < -0.3 is 11.1 Å². The zero-order chi connectivity index (χ0) is 13.1. The highest BCUT2D eigenvalue weighted by atomic mass is 15.0. The fourth-order valence-electron chi connectivity index (χ4n) is 3.26. The van der Waals surface area contributed by atoms with Crippen LogP contribution in [0, 0.1) is 5.92 Å². The highest BCUT2D eigenvalue weighted by Crippen LogP contribution is 2.33. The molecule has 0 spiro atoms. The summed E-state index contributed by atoms with van der Waals surface area (Å²) in [7, 11) is 0. The molecule has 2 rings (SSSR count). The average molecular weight is 246 g/mol. The Morgan fingerprint density at radius 3 is 2.72 bits per heavy atom. The standard InChI is InChI=1S/C16H26N2/c1-4-12(5-2)11(3)18-16-9-6-13-10-14(17)7-8-15(13)16/h7-8,10-12,16,18H,4-6,9,17H2,1-3H3. The molecule has 1 aliphatic carbocycles. The van der Waals surface area contributed by atoms with Crippen molar-refractivity contribution in [2.75, 3.05) is 5.73 Å². The normalized spacial score (nSPS) is 20.1. The van der Waals surface area contributed by atoms with E-state index >= 15 is 0 Å². The molecule has 0 aromatic heterocycles. The van der Waals surface area contributed by atoms with Crippen LogP contribution >= 0.6 is 0 Å². The van der Waals surface area contributed by atoms with Crippen LogP contribution in [0.3, 0.4) is 0 Å². The van der Waals surface area contributed by atoms with E-state index in [4.69, 9.17) is 5.73 Å². The summed E-state index contributed by atoms with van der Waals surface area (Å²) in [4.78, 5) is 0. The van der Waals surface area contributed by atoms with Gasteiger partial charge in [-0.15, -0.1) is 0 Å². The zero-order valence-electron chi connectivity index (χ0n) is 11.9. The smallest absolute Gasteiger partial charge is 0.0328 e. The van der Waals surface area contributed by atoms with Gasteiger partial charge in [0.15, 0.2) is 0 Å². The lowest BCUT2D eigenvalue weighted by Crippen LogP contribution is -2.35. The first kappa shape index (κ1) is 13.4. The SMILES string of the molecule is CCC(CC)C(C)NC1CCc2cc(N)ccc21. The van der Waals surface area contributed by atoms with Gasteiger partial charge in [-0.05, 0) is 48.9 Å². The number of hydrogen-bond acceptors (Lipinski definition) is 2. The third kappa shape index (κ3) is 2.69. The van der Waals surface area contributed by atoms with E-state index in [1.165, 1.54) is 30.4 Å². The predicted octanol–water partition coefficient (Wildman–Crippen LogP) is 3.67. The fraction of sp³-hybridized carbons (Fsp3) is 0.625. The number of aryl methyl sites for hydroxylation is 1. The van der Waals surface area contributed by atoms with E-state index in [0.29, 0.717) is 12.1 Å². The molecular weight excluding hydrogens is 220 g/mol. The number of anilines is 1. The van der Waals surface area contributed by atoms with E-state index in [2.05, 4.69) is 38.2 Å². The monoisotopic (exact) mass is 246 g/mol. The van der Waals surface area contributed by atoms with Gasteiger partial charge in [0.2, 0.25) is 0 Å². The van der Waals surface area contributed by atoms with E-state index in [1.807, 2.05) is 6.07 Å². The number of nitrogens with two attached hydrogens (primary N) is 1. The molecule has 1 aliphatic rings. The van der Waals surface area contributed by atoms with Crippen molar-refractivity contribution in [1.82, 2.24) is 5.32 Å². The maximum atomic E-state index is 5.85. The molecule has 2 heteroatoms. The minimum Gasteiger partial charge on any atom is -0.399 e. The van der Waals surface area contributed by atoms with Crippen molar-refractivity contribution in [2.45, 2.75) is 58.5 Å². The quantitative estimate of drug-likeness (QED) is 0.778. The molecule has 0 saturated carbocycles. The van der Waals surface area contributed by atoms with Gasteiger partial charge in [-0.3, -0.25) is 0 Å². The molecule has 0 fully saturated rings. The predicted molar refractivity (Wildman–Crippen MR) is 78.6 cm³/mol. The van der Waals surface area contributed by atoms with Gasteiger partial charge in [0.1, 0.15) is 0 Å². The second-order valence-corrected chi connectivity index (χ2v) is 5.58. The number of benzene rings is 1. The van der Waals surface area contributed by atoms with Crippen LogP contribution in [0.4, 0.5) is 5.69 Å². The van der Waals surface area contributed by atoms with E-state index in [0.717, 1.165) is 18.0 Å². The molecule has 0 heterocycles. The van der Waals surface area contributed by atoms with Crippen molar-refractivity contribution >= 4 is 5.69 Å². The zero-order valence-corrected chi connectivity index (χ0v) is 11.9. The van der Waals surface area contributed by atoms with Crippen LogP contribution in [-0.4, -0.2) is 6.04 Å². The van der Waals surface area contributed by atoms with E-state index in [1.54, 1.807) is 0 Å². The minimum absolute atomic E-state index is 0.524. The Hall–Kier alpha value is -1.02.